The van der Waals surface area contributed by atoms with Gasteiger partial charge in [0.05, 0.1) is 25.4 Å². The van der Waals surface area contributed by atoms with Crippen LogP contribution < -0.4 is 0 Å². The molecule has 2 aromatic carbocycles. The van der Waals surface area contributed by atoms with Gasteiger partial charge >= 0.3 is 0 Å². The molecule has 0 saturated carbocycles. The summed E-state index contributed by atoms with van der Waals surface area (Å²) in [7, 11) is 0. The lowest BCUT2D eigenvalue weighted by Gasteiger charge is -2.21. The molecule has 0 amide bonds. The lowest BCUT2D eigenvalue weighted by atomic mass is 10.1. The minimum absolute atomic E-state index is 0.359. The van der Waals surface area contributed by atoms with Crippen LogP contribution in [-0.4, -0.2) is 35.6 Å². The molecule has 2 N–H and O–H groups in total. The maximum Gasteiger partial charge on any atom is 0.194 e. The molecule has 1 aliphatic heterocycles. The van der Waals surface area contributed by atoms with Crippen molar-refractivity contribution in [3.63, 3.8) is 0 Å². The van der Waals surface area contributed by atoms with Crippen LogP contribution in [0.15, 0.2) is 48.5 Å². The minimum Gasteiger partial charge on any atom is -0.391 e. The maximum atomic E-state index is 13.3. The summed E-state index contributed by atoms with van der Waals surface area (Å²) in [6.45, 7) is 2.79. The van der Waals surface area contributed by atoms with E-state index in [0.717, 1.165) is 28.3 Å². The molecule has 2 heterocycles. The summed E-state index contributed by atoms with van der Waals surface area (Å²) in [5, 5.41) is 17.6. The van der Waals surface area contributed by atoms with Gasteiger partial charge in [-0.1, -0.05) is 24.3 Å². The van der Waals surface area contributed by atoms with Crippen LogP contribution >= 0.6 is 11.3 Å². The minimum atomic E-state index is -1.43. The molecule has 3 aromatic rings. The fourth-order valence-corrected chi connectivity index (χ4v) is 4.13. The summed E-state index contributed by atoms with van der Waals surface area (Å²) in [4.78, 5) is 1.82. The van der Waals surface area contributed by atoms with Crippen LogP contribution in [0.5, 0.6) is 0 Å². The van der Waals surface area contributed by atoms with E-state index in [0.29, 0.717) is 25.2 Å². The highest BCUT2D eigenvalue weighted by Crippen LogP contribution is 2.31. The Morgan fingerprint density at radius 3 is 2.17 bits per heavy atom. The van der Waals surface area contributed by atoms with Gasteiger partial charge in [0, 0.05) is 22.6 Å². The number of hydrogen-bond acceptors (Lipinski definition) is 4. The Morgan fingerprint density at radius 1 is 0.967 bits per heavy atom. The van der Waals surface area contributed by atoms with Crippen molar-refractivity contribution < 1.29 is 28.1 Å². The number of ether oxygens (including phenoxy) is 1. The molecular formula is C23H23F3O3S. The second kappa shape index (κ2) is 10.2. The predicted molar refractivity (Wildman–Crippen MR) is 111 cm³/mol. The van der Waals surface area contributed by atoms with Gasteiger partial charge in [0.2, 0.25) is 0 Å². The van der Waals surface area contributed by atoms with Crippen molar-refractivity contribution in [1.29, 1.82) is 0 Å². The predicted octanol–water partition coefficient (Wildman–Crippen LogP) is 4.86. The molecule has 0 radical (unpaired) electrons. The highest BCUT2D eigenvalue weighted by atomic mass is 32.1. The average Bonchev–Trinajstić information content (AvgIpc) is 3.16. The molecule has 7 heteroatoms. The summed E-state index contributed by atoms with van der Waals surface area (Å²) in [6.07, 6.45) is 0.307. The Morgan fingerprint density at radius 2 is 1.60 bits per heavy atom. The molecule has 4 rings (SSSR count). The largest absolute Gasteiger partial charge is 0.391 e. The zero-order valence-corrected chi connectivity index (χ0v) is 17.3. The summed E-state index contributed by atoms with van der Waals surface area (Å²) < 4.78 is 44.5. The molecule has 1 aromatic heterocycles. The first kappa shape index (κ1) is 22.5. The standard InChI is InChI=1S/C18H13F3S.C5H10O3/c1-11-4-2-3-5-12(11)8-14-6-7-17(22-14)13-9-15(19)18(21)16(20)10-13;6-4-1-5(7)3-8-2-4/h2-7,9-10H,8H2,1H3;4-7H,1-3H2. The van der Waals surface area contributed by atoms with E-state index in [9.17, 15) is 13.2 Å². The molecule has 0 bridgehead atoms. The molecule has 0 aliphatic carbocycles. The highest BCUT2D eigenvalue weighted by Gasteiger charge is 2.17. The van der Waals surface area contributed by atoms with E-state index < -0.39 is 29.7 Å². The van der Waals surface area contributed by atoms with Crippen LogP contribution in [0.4, 0.5) is 13.2 Å². The van der Waals surface area contributed by atoms with Gasteiger partial charge in [-0.05, 0) is 47.9 Å². The van der Waals surface area contributed by atoms with Crippen molar-refractivity contribution in [3.05, 3.63) is 82.0 Å². The van der Waals surface area contributed by atoms with Gasteiger partial charge in [0.25, 0.3) is 0 Å². The van der Waals surface area contributed by atoms with E-state index >= 15 is 0 Å². The second-order valence-electron chi connectivity index (χ2n) is 7.20. The van der Waals surface area contributed by atoms with Crippen molar-refractivity contribution in [2.75, 3.05) is 13.2 Å². The Bertz CT molecular complexity index is 958. The van der Waals surface area contributed by atoms with Crippen LogP contribution in [0.25, 0.3) is 10.4 Å². The van der Waals surface area contributed by atoms with E-state index in [2.05, 4.69) is 19.1 Å². The molecule has 160 valence electrons. The van der Waals surface area contributed by atoms with Crippen LogP contribution in [0, 0.1) is 24.4 Å². The number of halogens is 3. The first-order chi connectivity index (χ1) is 14.3. The monoisotopic (exact) mass is 436 g/mol. The van der Waals surface area contributed by atoms with Gasteiger partial charge < -0.3 is 14.9 Å². The van der Waals surface area contributed by atoms with Gasteiger partial charge in [0.15, 0.2) is 17.5 Å². The van der Waals surface area contributed by atoms with Gasteiger partial charge in [0.1, 0.15) is 0 Å². The Hall–Kier alpha value is -2.19. The zero-order valence-electron chi connectivity index (χ0n) is 16.4. The van der Waals surface area contributed by atoms with Gasteiger partial charge in [-0.15, -0.1) is 11.3 Å². The number of hydrogen-bond donors (Lipinski definition) is 2. The zero-order chi connectivity index (χ0) is 21.7. The molecule has 1 fully saturated rings. The van der Waals surface area contributed by atoms with Crippen molar-refractivity contribution in [2.24, 2.45) is 0 Å². The number of thiophene rings is 1. The lowest BCUT2D eigenvalue weighted by Crippen LogP contribution is -2.32. The van der Waals surface area contributed by atoms with Gasteiger partial charge in [-0.2, -0.15) is 0 Å². The van der Waals surface area contributed by atoms with Crippen molar-refractivity contribution >= 4 is 11.3 Å². The third-order valence-electron chi connectivity index (χ3n) is 4.72. The molecule has 1 aliphatic rings. The van der Waals surface area contributed by atoms with Crippen LogP contribution in [-0.2, 0) is 11.2 Å². The number of rotatable bonds is 3. The van der Waals surface area contributed by atoms with Crippen molar-refractivity contribution in [2.45, 2.75) is 32.0 Å². The number of benzene rings is 2. The molecule has 3 nitrogen and oxygen atoms in total. The molecule has 2 atom stereocenters. The van der Waals surface area contributed by atoms with E-state index in [1.807, 2.05) is 24.3 Å². The first-order valence-electron chi connectivity index (χ1n) is 9.55. The first-order valence-corrected chi connectivity index (χ1v) is 10.4. The van der Waals surface area contributed by atoms with Crippen molar-refractivity contribution in [3.8, 4) is 10.4 Å². The van der Waals surface area contributed by atoms with Crippen LogP contribution in [0.1, 0.15) is 22.4 Å². The number of aliphatic hydroxyl groups is 2. The normalized spacial score (nSPS) is 18.6. The van der Waals surface area contributed by atoms with E-state index in [1.165, 1.54) is 22.5 Å². The third-order valence-corrected chi connectivity index (χ3v) is 5.85. The summed E-state index contributed by atoms with van der Waals surface area (Å²) in [5.41, 5.74) is 2.78. The highest BCUT2D eigenvalue weighted by molar-refractivity contribution is 7.15. The molecule has 2 unspecified atom stereocenters. The fourth-order valence-electron chi connectivity index (χ4n) is 3.11. The number of aliphatic hydroxyl groups excluding tert-OH is 2. The Balaban J connectivity index is 0.000000269. The maximum absolute atomic E-state index is 13.3. The Labute approximate surface area is 177 Å². The molecule has 0 spiro atoms. The average molecular weight is 436 g/mol. The summed E-state index contributed by atoms with van der Waals surface area (Å²) in [6, 6.07) is 13.9. The van der Waals surface area contributed by atoms with Gasteiger partial charge in [-0.3, -0.25) is 0 Å². The lowest BCUT2D eigenvalue weighted by molar-refractivity contribution is -0.0714. The SMILES string of the molecule is Cc1ccccc1Cc1ccc(-c2cc(F)c(F)c(F)c2)s1.OC1COCC(O)C1. The quantitative estimate of drug-likeness (QED) is 0.577. The summed E-state index contributed by atoms with van der Waals surface area (Å²) in [5.74, 6) is -3.76. The second-order valence-corrected chi connectivity index (χ2v) is 8.37. The summed E-state index contributed by atoms with van der Waals surface area (Å²) >= 11 is 1.46. The van der Waals surface area contributed by atoms with E-state index in [-0.39, 0.29) is 0 Å². The van der Waals surface area contributed by atoms with Gasteiger partial charge in [-0.25, -0.2) is 13.2 Å². The molecule has 30 heavy (non-hydrogen) atoms. The third kappa shape index (κ3) is 5.92. The van der Waals surface area contributed by atoms with Crippen molar-refractivity contribution in [1.82, 2.24) is 0 Å². The Kier molecular flexibility index (Phi) is 7.66. The van der Waals surface area contributed by atoms with E-state index in [4.69, 9.17) is 14.9 Å². The fraction of sp³-hybridized carbons (Fsp3) is 0.304. The van der Waals surface area contributed by atoms with Crippen LogP contribution in [0.2, 0.25) is 0 Å². The number of aryl methyl sites for hydroxylation is 1. The van der Waals surface area contributed by atoms with Crippen LogP contribution in [0.3, 0.4) is 0 Å². The molecular weight excluding hydrogens is 413 g/mol. The smallest absolute Gasteiger partial charge is 0.194 e. The topological polar surface area (TPSA) is 49.7 Å². The molecule has 1 saturated heterocycles. The van der Waals surface area contributed by atoms with E-state index in [1.54, 1.807) is 0 Å².